The van der Waals surface area contributed by atoms with Crippen LogP contribution in [0.5, 0.6) is 5.75 Å². The summed E-state index contributed by atoms with van der Waals surface area (Å²) in [6.07, 6.45) is 4.10. The predicted octanol–water partition coefficient (Wildman–Crippen LogP) is 3.64. The van der Waals surface area contributed by atoms with Crippen molar-refractivity contribution >= 4 is 40.5 Å². The fourth-order valence-corrected chi connectivity index (χ4v) is 2.79. The molecule has 0 amide bonds. The van der Waals surface area contributed by atoms with E-state index in [1.54, 1.807) is 12.3 Å². The molecule has 3 N–H and O–H groups in total. The minimum Gasteiger partial charge on any atom is -0.494 e. The van der Waals surface area contributed by atoms with Crippen LogP contribution in [0, 0.1) is 0 Å². The molecule has 126 valence electrons. The number of aromatic nitrogens is 2. The number of nitrogen functional groups attached to an aromatic ring is 1. The Labute approximate surface area is 148 Å². The molecule has 2 aromatic carbocycles. The minimum atomic E-state index is -1.06. The number of anilines is 1. The highest BCUT2D eigenvalue weighted by Gasteiger charge is 2.15. The molecule has 0 bridgehead atoms. The van der Waals surface area contributed by atoms with Crippen molar-refractivity contribution in [3.8, 4) is 16.9 Å². The second kappa shape index (κ2) is 6.78. The Balaban J connectivity index is 2.37. The zero-order valence-electron chi connectivity index (χ0n) is 13.2. The smallest absolute Gasteiger partial charge is 0.328 e. The van der Waals surface area contributed by atoms with Crippen molar-refractivity contribution in [2.45, 2.75) is 0 Å². The molecule has 0 fully saturated rings. The minimum absolute atomic E-state index is 0.0993. The molecule has 1 heterocycles. The van der Waals surface area contributed by atoms with Crippen LogP contribution in [0.4, 0.5) is 5.95 Å². The van der Waals surface area contributed by atoms with E-state index in [0.29, 0.717) is 21.9 Å². The van der Waals surface area contributed by atoms with E-state index in [4.69, 9.17) is 27.2 Å². The first-order valence-electron chi connectivity index (χ1n) is 7.29. The van der Waals surface area contributed by atoms with Crippen LogP contribution < -0.4 is 10.5 Å². The van der Waals surface area contributed by atoms with Gasteiger partial charge in [0.15, 0.2) is 5.75 Å². The van der Waals surface area contributed by atoms with Gasteiger partial charge in [0.25, 0.3) is 0 Å². The number of aliphatic carboxylic acids is 1. The molecule has 0 unspecified atom stereocenters. The molecular weight excluding hydrogens is 342 g/mol. The molecule has 0 radical (unpaired) electrons. The third-order valence-electron chi connectivity index (χ3n) is 3.62. The molecule has 0 saturated carbocycles. The summed E-state index contributed by atoms with van der Waals surface area (Å²) in [6, 6.07) is 9.12. The first-order valence-corrected chi connectivity index (χ1v) is 7.67. The van der Waals surface area contributed by atoms with Crippen molar-refractivity contribution in [3.05, 3.63) is 53.2 Å². The lowest BCUT2D eigenvalue weighted by molar-refractivity contribution is -0.131. The van der Waals surface area contributed by atoms with Crippen molar-refractivity contribution in [3.63, 3.8) is 0 Å². The number of carbonyl (C=O) groups is 1. The molecule has 3 rings (SSSR count). The summed E-state index contributed by atoms with van der Waals surface area (Å²) in [5.41, 5.74) is 8.42. The monoisotopic (exact) mass is 355 g/mol. The quantitative estimate of drug-likeness (QED) is 0.693. The molecule has 25 heavy (non-hydrogen) atoms. The highest BCUT2D eigenvalue weighted by molar-refractivity contribution is 6.31. The molecule has 6 nitrogen and oxygen atoms in total. The number of rotatable bonds is 4. The molecular formula is C18H14ClN3O3. The number of hydrogen-bond acceptors (Lipinski definition) is 5. The molecule has 7 heteroatoms. The zero-order valence-corrected chi connectivity index (χ0v) is 14.0. The van der Waals surface area contributed by atoms with Crippen molar-refractivity contribution in [2.75, 3.05) is 12.8 Å². The van der Waals surface area contributed by atoms with Crippen molar-refractivity contribution in [1.29, 1.82) is 0 Å². The maximum Gasteiger partial charge on any atom is 0.328 e. The van der Waals surface area contributed by atoms with Crippen LogP contribution in [-0.4, -0.2) is 28.2 Å². The maximum absolute atomic E-state index is 10.9. The average molecular weight is 356 g/mol. The number of fused-ring (bicyclic) bond motifs is 1. The summed E-state index contributed by atoms with van der Waals surface area (Å²) >= 11 is 6.10. The van der Waals surface area contributed by atoms with Gasteiger partial charge in [-0.2, -0.15) is 0 Å². The van der Waals surface area contributed by atoms with E-state index in [0.717, 1.165) is 22.6 Å². The van der Waals surface area contributed by atoms with Crippen LogP contribution in [0.1, 0.15) is 5.56 Å². The normalized spacial score (nSPS) is 11.1. The van der Waals surface area contributed by atoms with Gasteiger partial charge in [-0.3, -0.25) is 0 Å². The number of carboxylic acids is 1. The van der Waals surface area contributed by atoms with Gasteiger partial charge in [-0.25, -0.2) is 14.8 Å². The van der Waals surface area contributed by atoms with E-state index in [2.05, 4.69) is 9.97 Å². The Bertz CT molecular complexity index is 1000. The van der Waals surface area contributed by atoms with Gasteiger partial charge in [-0.15, -0.1) is 0 Å². The van der Waals surface area contributed by atoms with Gasteiger partial charge in [0.05, 0.1) is 7.11 Å². The number of ether oxygens (including phenoxy) is 1. The van der Waals surface area contributed by atoms with Crippen LogP contribution in [0.25, 0.3) is 28.1 Å². The predicted molar refractivity (Wildman–Crippen MR) is 97.6 cm³/mol. The number of hydrogen-bond donors (Lipinski definition) is 2. The lowest BCUT2D eigenvalue weighted by Gasteiger charge is -2.14. The summed E-state index contributed by atoms with van der Waals surface area (Å²) in [5.74, 6) is -0.539. The molecule has 0 saturated heterocycles. The van der Waals surface area contributed by atoms with Crippen LogP contribution in [0.3, 0.4) is 0 Å². The van der Waals surface area contributed by atoms with Gasteiger partial charge >= 0.3 is 5.97 Å². The molecule has 0 aliphatic rings. The molecule has 0 aliphatic carbocycles. The number of benzene rings is 2. The Morgan fingerprint density at radius 1 is 1.36 bits per heavy atom. The van der Waals surface area contributed by atoms with E-state index in [1.165, 1.54) is 13.2 Å². The van der Waals surface area contributed by atoms with Gasteiger partial charge in [0.1, 0.15) is 5.52 Å². The fraction of sp³-hybridized carbons (Fsp3) is 0.0556. The molecule has 0 spiro atoms. The maximum atomic E-state index is 10.9. The van der Waals surface area contributed by atoms with Gasteiger partial charge in [-0.1, -0.05) is 23.7 Å². The fourth-order valence-electron chi connectivity index (χ4n) is 2.60. The number of methoxy groups -OCH3 is 1. The van der Waals surface area contributed by atoms with Crippen molar-refractivity contribution in [1.82, 2.24) is 9.97 Å². The molecule has 0 atom stereocenters. The largest absolute Gasteiger partial charge is 0.494 e. The Kier molecular flexibility index (Phi) is 4.54. The summed E-state index contributed by atoms with van der Waals surface area (Å²) in [4.78, 5) is 19.2. The highest BCUT2D eigenvalue weighted by atomic mass is 35.5. The van der Waals surface area contributed by atoms with E-state index >= 15 is 0 Å². The van der Waals surface area contributed by atoms with E-state index in [-0.39, 0.29) is 5.95 Å². The summed E-state index contributed by atoms with van der Waals surface area (Å²) < 4.78 is 5.44. The van der Waals surface area contributed by atoms with Gasteiger partial charge < -0.3 is 15.6 Å². The first-order chi connectivity index (χ1) is 12.0. The zero-order chi connectivity index (χ0) is 18.0. The lowest BCUT2D eigenvalue weighted by atomic mass is 9.97. The molecule has 3 aromatic rings. The van der Waals surface area contributed by atoms with Gasteiger partial charge in [0.2, 0.25) is 5.95 Å². The second-order valence-electron chi connectivity index (χ2n) is 5.22. The van der Waals surface area contributed by atoms with Gasteiger partial charge in [0, 0.05) is 28.2 Å². The number of carboxylic acid groups (broad SMARTS) is 1. The highest BCUT2D eigenvalue weighted by Crippen LogP contribution is 2.37. The van der Waals surface area contributed by atoms with Crippen LogP contribution >= 0.6 is 11.6 Å². The number of nitrogens with zero attached hydrogens (tertiary/aromatic N) is 2. The summed E-state index contributed by atoms with van der Waals surface area (Å²) in [5, 5.41) is 10.2. The third kappa shape index (κ3) is 3.39. The third-order valence-corrected chi connectivity index (χ3v) is 3.85. The second-order valence-corrected chi connectivity index (χ2v) is 5.66. The SMILES string of the molecule is COc1c(C=CC(=O)O)cc(-c2cccc(Cl)c2)c2cnc(N)nc12. The lowest BCUT2D eigenvalue weighted by Crippen LogP contribution is -1.99. The topological polar surface area (TPSA) is 98.3 Å². The molecule has 1 aromatic heterocycles. The van der Waals surface area contributed by atoms with E-state index in [1.807, 2.05) is 24.3 Å². The number of halogens is 1. The van der Waals surface area contributed by atoms with E-state index in [9.17, 15) is 4.79 Å². The average Bonchev–Trinajstić information content (AvgIpc) is 2.58. The van der Waals surface area contributed by atoms with Crippen LogP contribution in [0.2, 0.25) is 5.02 Å². The Morgan fingerprint density at radius 2 is 2.16 bits per heavy atom. The van der Waals surface area contributed by atoms with Gasteiger partial charge in [-0.05, 0) is 35.4 Å². The molecule has 0 aliphatic heterocycles. The summed E-state index contributed by atoms with van der Waals surface area (Å²) in [6.45, 7) is 0. The van der Waals surface area contributed by atoms with Crippen LogP contribution in [0.15, 0.2) is 42.6 Å². The van der Waals surface area contributed by atoms with Crippen molar-refractivity contribution in [2.24, 2.45) is 0 Å². The van der Waals surface area contributed by atoms with E-state index < -0.39 is 5.97 Å². The summed E-state index contributed by atoms with van der Waals surface area (Å²) in [7, 11) is 1.49. The Hall–Kier alpha value is -3.12. The Morgan fingerprint density at radius 3 is 2.84 bits per heavy atom. The standard InChI is InChI=1S/C18H14ClN3O3/c1-25-17-11(5-6-15(23)24)8-13(10-3-2-4-12(19)7-10)14-9-21-18(20)22-16(14)17/h2-9H,1H3,(H,23,24)(H2,20,21,22). The van der Waals surface area contributed by atoms with Crippen LogP contribution in [-0.2, 0) is 4.79 Å². The number of nitrogens with two attached hydrogens (primary N) is 1. The van der Waals surface area contributed by atoms with Crippen molar-refractivity contribution < 1.29 is 14.6 Å². The first kappa shape index (κ1) is 16.7.